The minimum Gasteiger partial charge on any atom is -0.506 e. The Balaban J connectivity index is 0.00000541. The third kappa shape index (κ3) is 8.88. The largest absolute Gasteiger partial charge is 0.506 e. The van der Waals surface area contributed by atoms with E-state index in [1.165, 1.54) is 29.7 Å². The molecule has 1 aliphatic carbocycles. The summed E-state index contributed by atoms with van der Waals surface area (Å²) in [7, 11) is 0. The van der Waals surface area contributed by atoms with Crippen LogP contribution in [-0.2, 0) is 42.7 Å². The molecule has 1 aromatic heterocycles. The number of aliphatic imine (C=N–C) groups is 1. The van der Waals surface area contributed by atoms with Crippen LogP contribution in [0.5, 0.6) is 17.4 Å². The van der Waals surface area contributed by atoms with Crippen molar-refractivity contribution in [3.05, 3.63) is 88.5 Å². The second-order valence-electron chi connectivity index (χ2n) is 20.5. The number of amidine groups is 1. The molecule has 0 bridgehead atoms. The molecule has 288 valence electrons. The van der Waals surface area contributed by atoms with E-state index in [0.29, 0.717) is 17.1 Å². The molecule has 5 nitrogen and oxygen atoms in total. The first kappa shape index (κ1) is 41.0. The summed E-state index contributed by atoms with van der Waals surface area (Å²) < 4.78 is 6.56. The zero-order chi connectivity index (χ0) is 38.2. The fraction of sp³-hybridized carbons (Fsp3) is 0.532. The number of hydrogen-bond acceptors (Lipinski definition) is 5. The van der Waals surface area contributed by atoms with Gasteiger partial charge in [-0.3, -0.25) is 0 Å². The average molecular weight is 896 g/mol. The summed E-state index contributed by atoms with van der Waals surface area (Å²) in [6.07, 6.45) is 4.53. The Morgan fingerprint density at radius 2 is 1.32 bits per heavy atom. The average Bonchev–Trinajstić information content (AvgIpc) is 3.28. The Bertz CT molecular complexity index is 1990. The Hall–Kier alpha value is -3.17. The van der Waals surface area contributed by atoms with E-state index in [1.807, 2.05) is 18.2 Å². The van der Waals surface area contributed by atoms with Gasteiger partial charge in [0.2, 0.25) is 5.88 Å². The van der Waals surface area contributed by atoms with Crippen molar-refractivity contribution in [2.75, 3.05) is 4.90 Å². The van der Waals surface area contributed by atoms with E-state index < -0.39 is 0 Å². The van der Waals surface area contributed by atoms with E-state index in [1.54, 1.807) is 0 Å². The van der Waals surface area contributed by atoms with Gasteiger partial charge in [-0.25, -0.2) is 4.98 Å². The van der Waals surface area contributed by atoms with E-state index in [0.717, 1.165) is 40.8 Å². The Morgan fingerprint density at radius 3 is 1.91 bits per heavy atom. The van der Waals surface area contributed by atoms with Crippen molar-refractivity contribution in [3.63, 3.8) is 0 Å². The Kier molecular flexibility index (Phi) is 11.0. The molecule has 0 saturated heterocycles. The zero-order valence-electron chi connectivity index (χ0n) is 34.7. The molecule has 2 atom stereocenters. The van der Waals surface area contributed by atoms with Crippen molar-refractivity contribution in [3.8, 4) is 17.4 Å². The van der Waals surface area contributed by atoms with Crippen LogP contribution in [0.15, 0.2) is 59.6 Å². The summed E-state index contributed by atoms with van der Waals surface area (Å²) in [5.41, 5.74) is 7.50. The Labute approximate surface area is 334 Å². The maximum atomic E-state index is 11.0. The number of anilines is 1. The monoisotopic (exact) mass is 895 g/mol. The topological polar surface area (TPSA) is 58.0 Å². The maximum absolute atomic E-state index is 11.0. The van der Waals surface area contributed by atoms with Gasteiger partial charge in [-0.05, 0) is 93.4 Å². The molecule has 53 heavy (non-hydrogen) atoms. The molecule has 0 spiro atoms. The third-order valence-corrected chi connectivity index (χ3v) is 11.1. The van der Waals surface area contributed by atoms with Gasteiger partial charge in [0.15, 0.2) is 0 Å². The molecule has 6 rings (SSSR count). The van der Waals surface area contributed by atoms with Gasteiger partial charge < -0.3 is 19.7 Å². The molecule has 2 aliphatic rings. The summed E-state index contributed by atoms with van der Waals surface area (Å²) >= 11 is 0. The molecule has 0 radical (unpaired) electrons. The predicted octanol–water partition coefficient (Wildman–Crippen LogP) is 12.3. The SMILES string of the molecule is CC1(C)CCC[C@@H]2N=C(c3[c-]c(Oc4ccc5cc(C(C)(C)C)cc(O)c5n4)cc(C(C)(C)C)c3)N(c3cc(C(C)(C)C)cc(C(C)(C)C)c3)[C@@H]2C1.[Pt]. The van der Waals surface area contributed by atoms with Gasteiger partial charge in [0, 0.05) is 50.0 Å². The molecular weight excluding hydrogens is 834 g/mol. The molecular formula is C47H62N3O2Pt-. The number of hydrogen-bond donors (Lipinski definition) is 1. The van der Waals surface area contributed by atoms with Gasteiger partial charge in [-0.2, -0.15) is 0 Å². The van der Waals surface area contributed by atoms with Crippen LogP contribution in [0.3, 0.4) is 0 Å². The number of nitrogens with zero attached hydrogens (tertiary/aromatic N) is 3. The van der Waals surface area contributed by atoms with Crippen LogP contribution in [0, 0.1) is 11.5 Å². The molecule has 1 fully saturated rings. The van der Waals surface area contributed by atoms with E-state index in [9.17, 15) is 5.11 Å². The van der Waals surface area contributed by atoms with Gasteiger partial charge in [0.05, 0.1) is 11.9 Å². The van der Waals surface area contributed by atoms with Gasteiger partial charge >= 0.3 is 0 Å². The van der Waals surface area contributed by atoms with Gasteiger partial charge in [0.1, 0.15) is 11.3 Å². The second-order valence-corrected chi connectivity index (χ2v) is 20.5. The number of phenolic OH excluding ortho intramolecular Hbond substituents is 1. The van der Waals surface area contributed by atoms with Crippen molar-refractivity contribution in [2.24, 2.45) is 10.4 Å². The van der Waals surface area contributed by atoms with Crippen molar-refractivity contribution in [1.82, 2.24) is 4.98 Å². The molecule has 4 aromatic rings. The van der Waals surface area contributed by atoms with E-state index in [4.69, 9.17) is 14.7 Å². The molecule has 3 aromatic carbocycles. The van der Waals surface area contributed by atoms with Crippen LogP contribution >= 0.6 is 0 Å². The maximum Gasteiger partial charge on any atom is 0.217 e. The predicted molar refractivity (Wildman–Crippen MR) is 219 cm³/mol. The minimum absolute atomic E-state index is 0. The zero-order valence-corrected chi connectivity index (χ0v) is 37.0. The number of fused-ring (bicyclic) bond motifs is 2. The van der Waals surface area contributed by atoms with Crippen LogP contribution in [0.2, 0.25) is 0 Å². The second kappa shape index (κ2) is 14.2. The minimum atomic E-state index is -0.151. The van der Waals surface area contributed by atoms with Gasteiger partial charge in [-0.1, -0.05) is 122 Å². The van der Waals surface area contributed by atoms with Gasteiger partial charge in [-0.15, -0.1) is 17.2 Å². The molecule has 0 unspecified atom stereocenters. The van der Waals surface area contributed by atoms with E-state index in [-0.39, 0.29) is 66.0 Å². The third-order valence-electron chi connectivity index (χ3n) is 11.1. The summed E-state index contributed by atoms with van der Waals surface area (Å²) in [4.78, 5) is 13.0. The number of aromatic hydroxyl groups is 1. The fourth-order valence-corrected chi connectivity index (χ4v) is 7.66. The summed E-state index contributed by atoms with van der Waals surface area (Å²) in [5, 5.41) is 11.9. The number of benzene rings is 3. The van der Waals surface area contributed by atoms with Gasteiger partial charge in [0.25, 0.3) is 0 Å². The smallest absolute Gasteiger partial charge is 0.217 e. The number of phenols is 1. The number of aromatic nitrogens is 1. The van der Waals surface area contributed by atoms with Crippen molar-refractivity contribution < 1.29 is 30.9 Å². The van der Waals surface area contributed by atoms with Crippen LogP contribution in [-0.4, -0.2) is 28.0 Å². The molecule has 2 heterocycles. The van der Waals surface area contributed by atoms with E-state index >= 15 is 0 Å². The van der Waals surface area contributed by atoms with Crippen LogP contribution in [0.1, 0.15) is 150 Å². The summed E-state index contributed by atoms with van der Waals surface area (Å²) in [6.45, 7) is 31.8. The molecule has 1 aliphatic heterocycles. The number of ether oxygens (including phenoxy) is 1. The van der Waals surface area contributed by atoms with Crippen LogP contribution in [0.4, 0.5) is 5.69 Å². The summed E-state index contributed by atoms with van der Waals surface area (Å²) in [6, 6.07) is 23.5. The quantitative estimate of drug-likeness (QED) is 0.207. The molecule has 1 N–H and O–H groups in total. The van der Waals surface area contributed by atoms with Crippen molar-refractivity contribution >= 4 is 22.4 Å². The first-order valence-electron chi connectivity index (χ1n) is 19.3. The fourth-order valence-electron chi connectivity index (χ4n) is 7.66. The molecule has 0 amide bonds. The number of rotatable bonds is 4. The van der Waals surface area contributed by atoms with Crippen molar-refractivity contribution in [2.45, 2.75) is 156 Å². The van der Waals surface area contributed by atoms with E-state index in [2.05, 4.69) is 144 Å². The van der Waals surface area contributed by atoms with Crippen LogP contribution in [0.25, 0.3) is 10.9 Å². The van der Waals surface area contributed by atoms with Crippen molar-refractivity contribution in [1.29, 1.82) is 0 Å². The number of pyridine rings is 1. The first-order chi connectivity index (χ1) is 23.9. The standard InChI is InChI=1S/C47H62N3O2.Pt/c1-43(2,3)31-21-30(22-36(26-31)52-40-18-17-29-20-32(44(4,5)6)27-39(51)41(29)49-40)42-48-37-16-15-19-47(13,14)28-38(37)50(42)35-24-33(45(7,8)9)23-34(25-35)46(10,11)12;/h17-18,20-21,23-27,37-38,51H,15-16,19,28H2,1-14H3;/q-1;/t37-,38+;/m0./s1. The first-order valence-corrected chi connectivity index (χ1v) is 19.3. The molecule has 6 heteroatoms. The normalized spacial score (nSPS) is 19.4. The van der Waals surface area contributed by atoms with Crippen LogP contribution < -0.4 is 9.64 Å². The summed E-state index contributed by atoms with van der Waals surface area (Å²) in [5.74, 6) is 2.14. The Morgan fingerprint density at radius 1 is 0.755 bits per heavy atom. The molecule has 1 saturated carbocycles.